The van der Waals surface area contributed by atoms with E-state index in [0.29, 0.717) is 37.6 Å². The topological polar surface area (TPSA) is 72.5 Å². The van der Waals surface area contributed by atoms with Crippen LogP contribution in [0.4, 0.5) is 0 Å². The SMILES string of the molecule is COc1ccc(CNCCC(=O)NCc2cccnc2)cc1OC. The minimum Gasteiger partial charge on any atom is -0.493 e. The third-order valence-corrected chi connectivity index (χ3v) is 3.52. The molecule has 6 heteroatoms. The number of benzene rings is 1. The van der Waals surface area contributed by atoms with Gasteiger partial charge >= 0.3 is 0 Å². The Morgan fingerprint density at radius 1 is 1.08 bits per heavy atom. The van der Waals surface area contributed by atoms with Gasteiger partial charge in [-0.1, -0.05) is 12.1 Å². The molecule has 2 aromatic rings. The van der Waals surface area contributed by atoms with Crippen LogP contribution in [0.3, 0.4) is 0 Å². The first-order valence-electron chi connectivity index (χ1n) is 7.80. The van der Waals surface area contributed by atoms with E-state index in [9.17, 15) is 4.79 Å². The number of hydrogen-bond acceptors (Lipinski definition) is 5. The highest BCUT2D eigenvalue weighted by Crippen LogP contribution is 2.27. The molecule has 0 bridgehead atoms. The van der Waals surface area contributed by atoms with Crippen molar-refractivity contribution in [2.24, 2.45) is 0 Å². The first-order chi connectivity index (χ1) is 11.7. The number of hydrogen-bond donors (Lipinski definition) is 2. The number of methoxy groups -OCH3 is 2. The summed E-state index contributed by atoms with van der Waals surface area (Å²) >= 11 is 0. The van der Waals surface area contributed by atoms with Gasteiger partial charge in [-0.15, -0.1) is 0 Å². The monoisotopic (exact) mass is 329 g/mol. The van der Waals surface area contributed by atoms with Gasteiger partial charge in [-0.2, -0.15) is 0 Å². The number of aromatic nitrogens is 1. The summed E-state index contributed by atoms with van der Waals surface area (Å²) in [5.74, 6) is 1.42. The summed E-state index contributed by atoms with van der Waals surface area (Å²) < 4.78 is 10.5. The summed E-state index contributed by atoms with van der Waals surface area (Å²) in [6, 6.07) is 9.55. The number of nitrogens with zero attached hydrogens (tertiary/aromatic N) is 1. The Morgan fingerprint density at radius 2 is 1.92 bits per heavy atom. The Kier molecular flexibility index (Phi) is 7.04. The molecule has 0 aliphatic heterocycles. The molecule has 1 aromatic carbocycles. The average Bonchev–Trinajstić information content (AvgIpc) is 2.64. The van der Waals surface area contributed by atoms with Gasteiger partial charge in [0, 0.05) is 38.4 Å². The van der Waals surface area contributed by atoms with Crippen molar-refractivity contribution in [3.8, 4) is 11.5 Å². The lowest BCUT2D eigenvalue weighted by Gasteiger charge is -2.10. The second-order valence-electron chi connectivity index (χ2n) is 5.25. The zero-order valence-corrected chi connectivity index (χ0v) is 14.0. The molecule has 0 atom stereocenters. The third kappa shape index (κ3) is 5.55. The maximum Gasteiger partial charge on any atom is 0.221 e. The molecule has 0 radical (unpaired) electrons. The van der Waals surface area contributed by atoms with Gasteiger partial charge in [-0.25, -0.2) is 0 Å². The minimum absolute atomic E-state index is 0.0127. The van der Waals surface area contributed by atoms with Gasteiger partial charge in [0.25, 0.3) is 0 Å². The van der Waals surface area contributed by atoms with E-state index in [2.05, 4.69) is 15.6 Å². The zero-order chi connectivity index (χ0) is 17.2. The molecule has 1 heterocycles. The van der Waals surface area contributed by atoms with E-state index in [-0.39, 0.29) is 5.91 Å². The Labute approximate surface area is 142 Å². The molecule has 0 unspecified atom stereocenters. The van der Waals surface area contributed by atoms with Crippen molar-refractivity contribution in [2.45, 2.75) is 19.5 Å². The lowest BCUT2D eigenvalue weighted by Crippen LogP contribution is -2.27. The molecule has 0 fully saturated rings. The van der Waals surface area contributed by atoms with Crippen molar-refractivity contribution >= 4 is 5.91 Å². The number of nitrogens with one attached hydrogen (secondary N) is 2. The van der Waals surface area contributed by atoms with E-state index in [0.717, 1.165) is 11.1 Å². The second kappa shape index (κ2) is 9.52. The quantitative estimate of drug-likeness (QED) is 0.688. The molecule has 0 saturated heterocycles. The molecular weight excluding hydrogens is 306 g/mol. The highest BCUT2D eigenvalue weighted by molar-refractivity contribution is 5.76. The molecule has 0 saturated carbocycles. The summed E-state index contributed by atoms with van der Waals surface area (Å²) in [6.07, 6.45) is 3.88. The third-order valence-electron chi connectivity index (χ3n) is 3.52. The van der Waals surface area contributed by atoms with Crippen LogP contribution in [0.1, 0.15) is 17.5 Å². The Hall–Kier alpha value is -2.60. The van der Waals surface area contributed by atoms with E-state index >= 15 is 0 Å². The fourth-order valence-electron chi connectivity index (χ4n) is 2.22. The maximum absolute atomic E-state index is 11.8. The van der Waals surface area contributed by atoms with Gasteiger partial charge in [0.05, 0.1) is 14.2 Å². The molecule has 2 rings (SSSR count). The normalized spacial score (nSPS) is 10.2. The van der Waals surface area contributed by atoms with Gasteiger partial charge < -0.3 is 20.1 Å². The van der Waals surface area contributed by atoms with Gasteiger partial charge in [0.15, 0.2) is 11.5 Å². The lowest BCUT2D eigenvalue weighted by atomic mass is 10.2. The molecule has 6 nitrogen and oxygen atoms in total. The molecule has 128 valence electrons. The van der Waals surface area contributed by atoms with Crippen LogP contribution in [0.5, 0.6) is 11.5 Å². The largest absolute Gasteiger partial charge is 0.493 e. The molecule has 1 aromatic heterocycles. The number of rotatable bonds is 9. The van der Waals surface area contributed by atoms with Crippen molar-refractivity contribution in [1.29, 1.82) is 0 Å². The van der Waals surface area contributed by atoms with E-state index in [4.69, 9.17) is 9.47 Å². The summed E-state index contributed by atoms with van der Waals surface area (Å²) in [7, 11) is 3.22. The number of ether oxygens (including phenoxy) is 2. The Bertz CT molecular complexity index is 647. The number of pyridine rings is 1. The Balaban J connectivity index is 1.68. The summed E-state index contributed by atoms with van der Waals surface area (Å²) in [6.45, 7) is 1.77. The average molecular weight is 329 g/mol. The van der Waals surface area contributed by atoms with Crippen LogP contribution in [0.25, 0.3) is 0 Å². The fourth-order valence-corrected chi connectivity index (χ4v) is 2.22. The van der Waals surface area contributed by atoms with Crippen molar-refractivity contribution in [3.63, 3.8) is 0 Å². The standard InChI is InChI=1S/C18H23N3O3/c1-23-16-6-5-14(10-17(16)24-2)11-20-9-7-18(22)21-13-15-4-3-8-19-12-15/h3-6,8,10,12,20H,7,9,11,13H2,1-2H3,(H,21,22). The smallest absolute Gasteiger partial charge is 0.221 e. The van der Waals surface area contributed by atoms with Crippen LogP contribution >= 0.6 is 0 Å². The number of carbonyl (C=O) groups is 1. The highest BCUT2D eigenvalue weighted by Gasteiger charge is 2.05. The predicted octanol–water partition coefficient (Wildman–Crippen LogP) is 1.89. The van der Waals surface area contributed by atoms with E-state index in [1.807, 2.05) is 30.3 Å². The van der Waals surface area contributed by atoms with Crippen molar-refractivity contribution in [2.75, 3.05) is 20.8 Å². The Morgan fingerprint density at radius 3 is 2.62 bits per heavy atom. The molecule has 2 N–H and O–H groups in total. The van der Waals surface area contributed by atoms with Crippen LogP contribution in [0.2, 0.25) is 0 Å². The molecule has 0 aliphatic rings. The molecule has 0 aliphatic carbocycles. The van der Waals surface area contributed by atoms with Crippen molar-refractivity contribution in [1.82, 2.24) is 15.6 Å². The summed E-state index contributed by atoms with van der Waals surface area (Å²) in [4.78, 5) is 15.8. The number of carbonyl (C=O) groups excluding carboxylic acids is 1. The van der Waals surface area contributed by atoms with Crippen molar-refractivity contribution in [3.05, 3.63) is 53.9 Å². The van der Waals surface area contributed by atoms with Crippen molar-refractivity contribution < 1.29 is 14.3 Å². The van der Waals surface area contributed by atoms with Crippen LogP contribution in [-0.4, -0.2) is 31.7 Å². The van der Waals surface area contributed by atoms with Crippen LogP contribution in [0, 0.1) is 0 Å². The second-order valence-corrected chi connectivity index (χ2v) is 5.25. The summed E-state index contributed by atoms with van der Waals surface area (Å²) in [5.41, 5.74) is 2.06. The van der Waals surface area contributed by atoms with Gasteiger partial charge in [-0.3, -0.25) is 9.78 Å². The first-order valence-corrected chi connectivity index (χ1v) is 7.80. The minimum atomic E-state index is 0.0127. The first kappa shape index (κ1) is 17.7. The van der Waals surface area contributed by atoms with E-state index in [1.165, 1.54) is 0 Å². The lowest BCUT2D eigenvalue weighted by molar-refractivity contribution is -0.121. The zero-order valence-electron chi connectivity index (χ0n) is 14.0. The van der Waals surface area contributed by atoms with E-state index in [1.54, 1.807) is 26.6 Å². The van der Waals surface area contributed by atoms with Gasteiger partial charge in [0.2, 0.25) is 5.91 Å². The van der Waals surface area contributed by atoms with E-state index < -0.39 is 0 Å². The van der Waals surface area contributed by atoms with Crippen LogP contribution < -0.4 is 20.1 Å². The molecular formula is C18H23N3O3. The molecule has 0 spiro atoms. The molecule has 1 amide bonds. The highest BCUT2D eigenvalue weighted by atomic mass is 16.5. The predicted molar refractivity (Wildman–Crippen MR) is 92.0 cm³/mol. The molecule has 24 heavy (non-hydrogen) atoms. The van der Waals surface area contributed by atoms with Gasteiger partial charge in [0.1, 0.15) is 0 Å². The van der Waals surface area contributed by atoms with Crippen LogP contribution in [-0.2, 0) is 17.9 Å². The van der Waals surface area contributed by atoms with Crippen LogP contribution in [0.15, 0.2) is 42.7 Å². The maximum atomic E-state index is 11.8. The summed E-state index contributed by atoms with van der Waals surface area (Å²) in [5, 5.41) is 6.13. The number of amides is 1. The van der Waals surface area contributed by atoms with Gasteiger partial charge in [-0.05, 0) is 29.3 Å². The fraction of sp³-hybridized carbons (Fsp3) is 0.333.